The zero-order valence-electron chi connectivity index (χ0n) is 18.1. The second kappa shape index (κ2) is 8.40. The number of rotatable bonds is 4. The van der Waals surface area contributed by atoms with E-state index in [0.717, 1.165) is 24.9 Å². The van der Waals surface area contributed by atoms with Crippen LogP contribution < -0.4 is 20.5 Å². The lowest BCUT2D eigenvalue weighted by atomic mass is 9.81. The van der Waals surface area contributed by atoms with E-state index in [-0.39, 0.29) is 18.4 Å². The molecule has 5 rings (SSSR count). The normalized spacial score (nSPS) is 25.4. The van der Waals surface area contributed by atoms with E-state index in [1.807, 2.05) is 43.5 Å². The highest BCUT2D eigenvalue weighted by Gasteiger charge is 2.45. The quantitative estimate of drug-likeness (QED) is 0.704. The lowest BCUT2D eigenvalue weighted by molar-refractivity contribution is -0.274. The fourth-order valence-electron chi connectivity index (χ4n) is 4.79. The van der Waals surface area contributed by atoms with Gasteiger partial charge in [-0.15, -0.1) is 18.3 Å². The Morgan fingerprint density at radius 1 is 1.15 bits per heavy atom. The summed E-state index contributed by atoms with van der Waals surface area (Å²) in [7, 11) is 1.81. The van der Waals surface area contributed by atoms with Gasteiger partial charge >= 0.3 is 6.36 Å². The van der Waals surface area contributed by atoms with E-state index < -0.39 is 12.0 Å². The molecule has 2 aromatic rings. The van der Waals surface area contributed by atoms with Crippen molar-refractivity contribution >= 4 is 11.3 Å². The van der Waals surface area contributed by atoms with Gasteiger partial charge in [-0.1, -0.05) is 30.3 Å². The number of nitrogens with zero attached hydrogens (tertiary/aromatic N) is 2. The summed E-state index contributed by atoms with van der Waals surface area (Å²) >= 11 is 0. The SMILES string of the molecule is CN1NC=CN1c1ccc(OC(F)(F)F)c(C2=C[C@@]3(CCCN[C@H]3c3ccccc3)OC2)c1. The smallest absolute Gasteiger partial charge is 0.405 e. The Balaban J connectivity index is 1.55. The molecule has 0 aliphatic carbocycles. The van der Waals surface area contributed by atoms with Gasteiger partial charge in [0.1, 0.15) is 11.4 Å². The average molecular weight is 458 g/mol. The van der Waals surface area contributed by atoms with Crippen molar-refractivity contribution in [3.05, 3.63) is 78.1 Å². The van der Waals surface area contributed by atoms with E-state index in [2.05, 4.69) is 15.5 Å². The lowest BCUT2D eigenvalue weighted by Gasteiger charge is -2.40. The number of ether oxygens (including phenoxy) is 2. The first-order valence-corrected chi connectivity index (χ1v) is 10.8. The molecule has 2 atom stereocenters. The van der Waals surface area contributed by atoms with E-state index in [4.69, 9.17) is 4.74 Å². The molecule has 1 saturated heterocycles. The summed E-state index contributed by atoms with van der Waals surface area (Å²) in [5.74, 6) is -0.239. The van der Waals surface area contributed by atoms with Crippen LogP contribution in [-0.4, -0.2) is 37.3 Å². The molecule has 6 nitrogen and oxygen atoms in total. The molecule has 0 unspecified atom stereocenters. The standard InChI is InChI=1S/C24H25F3N4O2/c1-30-29-12-13-31(30)19-8-9-21(33-24(25,26)27)20(14-19)18-15-23(32-16-18)10-5-11-28-22(23)17-6-3-2-4-7-17/h2-4,6-9,12-15,22,28-29H,5,10-11,16H2,1H3/t22-,23+/m0/s1. The first-order valence-electron chi connectivity index (χ1n) is 10.8. The molecule has 1 fully saturated rings. The summed E-state index contributed by atoms with van der Waals surface area (Å²) in [5, 5.41) is 7.06. The van der Waals surface area contributed by atoms with Gasteiger partial charge in [0.2, 0.25) is 0 Å². The number of benzene rings is 2. The summed E-state index contributed by atoms with van der Waals surface area (Å²) in [4.78, 5) is 0. The zero-order valence-corrected chi connectivity index (χ0v) is 18.1. The van der Waals surface area contributed by atoms with Crippen LogP contribution in [0.1, 0.15) is 30.0 Å². The zero-order chi connectivity index (χ0) is 23.1. The molecule has 3 heterocycles. The molecule has 3 aliphatic heterocycles. The molecular weight excluding hydrogens is 433 g/mol. The Labute approximate surface area is 190 Å². The molecule has 0 aromatic heterocycles. The maximum absolute atomic E-state index is 13.2. The Morgan fingerprint density at radius 3 is 2.70 bits per heavy atom. The van der Waals surface area contributed by atoms with Crippen molar-refractivity contribution in [2.45, 2.75) is 30.8 Å². The second-order valence-electron chi connectivity index (χ2n) is 8.36. The van der Waals surface area contributed by atoms with Gasteiger partial charge in [-0.25, -0.2) is 0 Å². The molecule has 0 saturated carbocycles. The van der Waals surface area contributed by atoms with Gasteiger partial charge in [-0.2, -0.15) is 0 Å². The van der Waals surface area contributed by atoms with Crippen molar-refractivity contribution in [3.63, 3.8) is 0 Å². The average Bonchev–Trinajstić information content (AvgIpc) is 3.41. The highest BCUT2D eigenvalue weighted by Crippen LogP contribution is 2.46. The van der Waals surface area contributed by atoms with Crippen LogP contribution in [0.25, 0.3) is 5.57 Å². The number of alkyl halides is 3. The van der Waals surface area contributed by atoms with E-state index >= 15 is 0 Å². The summed E-state index contributed by atoms with van der Waals surface area (Å²) in [5.41, 5.74) is 5.20. The van der Waals surface area contributed by atoms with Crippen molar-refractivity contribution in [2.24, 2.45) is 0 Å². The number of hydrogen-bond donors (Lipinski definition) is 2. The fourth-order valence-corrected chi connectivity index (χ4v) is 4.79. The molecule has 33 heavy (non-hydrogen) atoms. The van der Waals surface area contributed by atoms with E-state index in [0.29, 0.717) is 16.8 Å². The molecule has 174 valence electrons. The van der Waals surface area contributed by atoms with Crippen molar-refractivity contribution in [1.29, 1.82) is 0 Å². The van der Waals surface area contributed by atoms with E-state index in [1.54, 1.807) is 34.7 Å². The first-order chi connectivity index (χ1) is 15.8. The largest absolute Gasteiger partial charge is 0.573 e. The van der Waals surface area contributed by atoms with Gasteiger partial charge in [0.05, 0.1) is 18.3 Å². The first kappa shape index (κ1) is 21.8. The van der Waals surface area contributed by atoms with Crippen molar-refractivity contribution < 1.29 is 22.6 Å². The summed E-state index contributed by atoms with van der Waals surface area (Å²) in [6, 6.07) is 14.6. The number of nitrogens with one attached hydrogen (secondary N) is 2. The van der Waals surface area contributed by atoms with Crippen LogP contribution >= 0.6 is 0 Å². The van der Waals surface area contributed by atoms with Gasteiger partial charge in [-0.3, -0.25) is 5.01 Å². The van der Waals surface area contributed by atoms with Crippen LogP contribution in [0.15, 0.2) is 67.0 Å². The predicted octanol–water partition coefficient (Wildman–Crippen LogP) is 4.50. The molecule has 9 heteroatoms. The van der Waals surface area contributed by atoms with Crippen LogP contribution in [0.5, 0.6) is 5.75 Å². The maximum Gasteiger partial charge on any atom is 0.573 e. The Hall–Kier alpha value is -3.01. The van der Waals surface area contributed by atoms with Crippen molar-refractivity contribution in [1.82, 2.24) is 15.9 Å². The molecule has 1 spiro atoms. The highest BCUT2D eigenvalue weighted by molar-refractivity contribution is 5.77. The van der Waals surface area contributed by atoms with Crippen LogP contribution in [0.3, 0.4) is 0 Å². The minimum Gasteiger partial charge on any atom is -0.405 e. The minimum absolute atomic E-state index is 0.0861. The number of hydrazine groups is 2. The third-order valence-corrected chi connectivity index (χ3v) is 6.23. The highest BCUT2D eigenvalue weighted by atomic mass is 19.4. The third kappa shape index (κ3) is 4.31. The van der Waals surface area contributed by atoms with Crippen molar-refractivity contribution in [3.8, 4) is 5.75 Å². The van der Waals surface area contributed by atoms with Crippen LogP contribution in [0, 0.1) is 0 Å². The van der Waals surface area contributed by atoms with Crippen LogP contribution in [-0.2, 0) is 4.74 Å². The third-order valence-electron chi connectivity index (χ3n) is 6.23. The predicted molar refractivity (Wildman–Crippen MR) is 119 cm³/mol. The van der Waals surface area contributed by atoms with Gasteiger partial charge < -0.3 is 20.2 Å². The molecule has 0 bridgehead atoms. The van der Waals surface area contributed by atoms with Crippen LogP contribution in [0.4, 0.5) is 18.9 Å². The number of hydrogen-bond acceptors (Lipinski definition) is 6. The maximum atomic E-state index is 13.2. The van der Waals surface area contributed by atoms with Crippen molar-refractivity contribution in [2.75, 3.05) is 25.2 Å². The van der Waals surface area contributed by atoms with E-state index in [9.17, 15) is 13.2 Å². The number of halogens is 3. The Morgan fingerprint density at radius 2 is 1.97 bits per heavy atom. The topological polar surface area (TPSA) is 49.0 Å². The molecule has 2 N–H and O–H groups in total. The van der Waals surface area contributed by atoms with Gasteiger partial charge in [-0.05, 0) is 54.8 Å². The fraction of sp³-hybridized carbons (Fsp3) is 0.333. The number of piperidine rings is 1. The Bertz CT molecular complexity index is 1070. The van der Waals surface area contributed by atoms with Gasteiger partial charge in [0, 0.05) is 25.0 Å². The van der Waals surface area contributed by atoms with E-state index in [1.165, 1.54) is 6.07 Å². The molecule has 0 radical (unpaired) electrons. The lowest BCUT2D eigenvalue weighted by Crippen LogP contribution is -2.47. The molecule has 2 aromatic carbocycles. The Kier molecular flexibility index (Phi) is 5.55. The molecule has 3 aliphatic rings. The number of anilines is 1. The minimum atomic E-state index is -4.79. The van der Waals surface area contributed by atoms with Crippen LogP contribution in [0.2, 0.25) is 0 Å². The summed E-state index contributed by atoms with van der Waals surface area (Å²) < 4.78 is 50.3. The monoisotopic (exact) mass is 458 g/mol. The van der Waals surface area contributed by atoms with Gasteiger partial charge in [0.15, 0.2) is 0 Å². The second-order valence-corrected chi connectivity index (χ2v) is 8.36. The summed E-state index contributed by atoms with van der Waals surface area (Å²) in [6.07, 6.45) is 2.42. The molecule has 0 amide bonds. The van der Waals surface area contributed by atoms with Gasteiger partial charge in [0.25, 0.3) is 0 Å². The molecular formula is C24H25F3N4O2. The summed E-state index contributed by atoms with van der Waals surface area (Å²) in [6.45, 7) is 1.05.